The molecule has 2 saturated heterocycles. The van der Waals surface area contributed by atoms with Crippen LogP contribution in [0.15, 0.2) is 23.7 Å². The Kier molecular flexibility index (Phi) is 4.81. The van der Waals surface area contributed by atoms with Crippen LogP contribution in [-0.2, 0) is 4.79 Å². The third kappa shape index (κ3) is 3.40. The largest absolute Gasteiger partial charge is 0.352 e. The summed E-state index contributed by atoms with van der Waals surface area (Å²) in [4.78, 5) is 37.1. The van der Waals surface area contributed by atoms with Crippen LogP contribution in [0, 0.1) is 0 Å². The van der Waals surface area contributed by atoms with Gasteiger partial charge in [0.1, 0.15) is 5.69 Å². The van der Waals surface area contributed by atoms with Gasteiger partial charge in [0.15, 0.2) is 10.9 Å². The summed E-state index contributed by atoms with van der Waals surface area (Å²) >= 11 is 1.32. The fourth-order valence-electron chi connectivity index (χ4n) is 3.15. The third-order valence-corrected chi connectivity index (χ3v) is 5.34. The van der Waals surface area contributed by atoms with Gasteiger partial charge in [-0.25, -0.2) is 9.97 Å². The number of rotatable bonds is 4. The van der Waals surface area contributed by atoms with Gasteiger partial charge in [0.2, 0.25) is 5.91 Å². The van der Waals surface area contributed by atoms with Crippen LogP contribution >= 0.6 is 11.3 Å². The Hall–Kier alpha value is -2.52. The molecule has 2 aliphatic heterocycles. The second kappa shape index (κ2) is 7.38. The van der Waals surface area contributed by atoms with E-state index in [1.165, 1.54) is 11.3 Å². The van der Waals surface area contributed by atoms with Crippen molar-refractivity contribution >= 4 is 39.8 Å². The summed E-state index contributed by atoms with van der Waals surface area (Å²) < 4.78 is 0. The van der Waals surface area contributed by atoms with E-state index >= 15 is 0 Å². The average molecular weight is 372 g/mol. The van der Waals surface area contributed by atoms with Crippen molar-refractivity contribution in [2.75, 3.05) is 47.8 Å². The molecule has 0 atom stereocenters. The quantitative estimate of drug-likeness (QED) is 0.841. The van der Waals surface area contributed by atoms with Crippen LogP contribution in [0.4, 0.5) is 16.6 Å². The number of carbonyl (C=O) groups excluding carboxylic acids is 2. The predicted octanol–water partition coefficient (Wildman–Crippen LogP) is 1.33. The molecule has 2 aromatic heterocycles. The molecular formula is C17H20N6O2S. The molecule has 26 heavy (non-hydrogen) atoms. The van der Waals surface area contributed by atoms with Crippen LogP contribution < -0.4 is 20.4 Å². The first-order chi connectivity index (χ1) is 12.7. The summed E-state index contributed by atoms with van der Waals surface area (Å²) in [7, 11) is 0. The van der Waals surface area contributed by atoms with Crippen molar-refractivity contribution in [3.63, 3.8) is 0 Å². The maximum atomic E-state index is 12.6. The highest BCUT2D eigenvalue weighted by Crippen LogP contribution is 2.27. The lowest BCUT2D eigenvalue weighted by atomic mass is 10.3. The summed E-state index contributed by atoms with van der Waals surface area (Å²) in [5, 5.41) is 8.50. The molecule has 2 fully saturated rings. The number of nitrogens with one attached hydrogen (secondary N) is 2. The SMILES string of the molecule is O=C(Nc1cccnc1N1CCNCC1)c1csc(N2CCCC2=O)n1. The summed E-state index contributed by atoms with van der Waals surface area (Å²) in [6.45, 7) is 4.14. The molecule has 2 amide bonds. The van der Waals surface area contributed by atoms with Gasteiger partial charge in [-0.15, -0.1) is 11.3 Å². The number of pyridine rings is 1. The molecule has 2 aliphatic rings. The second-order valence-electron chi connectivity index (χ2n) is 6.23. The highest BCUT2D eigenvalue weighted by atomic mass is 32.1. The molecule has 0 spiro atoms. The molecule has 0 aliphatic carbocycles. The van der Waals surface area contributed by atoms with Crippen molar-refractivity contribution in [1.29, 1.82) is 0 Å². The molecule has 0 bridgehead atoms. The first-order valence-electron chi connectivity index (χ1n) is 8.70. The molecule has 4 heterocycles. The highest BCUT2D eigenvalue weighted by Gasteiger charge is 2.25. The first kappa shape index (κ1) is 16.9. The Morgan fingerprint density at radius 2 is 2.12 bits per heavy atom. The maximum Gasteiger partial charge on any atom is 0.275 e. The zero-order chi connectivity index (χ0) is 17.9. The van der Waals surface area contributed by atoms with E-state index in [2.05, 4.69) is 25.5 Å². The van der Waals surface area contributed by atoms with E-state index in [0.29, 0.717) is 29.5 Å². The lowest BCUT2D eigenvalue weighted by Gasteiger charge is -2.29. The molecule has 4 rings (SSSR count). The first-order valence-corrected chi connectivity index (χ1v) is 9.58. The summed E-state index contributed by atoms with van der Waals surface area (Å²) in [5.74, 6) is 0.551. The van der Waals surface area contributed by atoms with Gasteiger partial charge in [0, 0.05) is 50.7 Å². The number of hydrogen-bond donors (Lipinski definition) is 2. The Morgan fingerprint density at radius 3 is 2.88 bits per heavy atom. The minimum absolute atomic E-state index is 0.0690. The fourth-order valence-corrected chi connectivity index (χ4v) is 4.00. The van der Waals surface area contributed by atoms with Gasteiger partial charge >= 0.3 is 0 Å². The van der Waals surface area contributed by atoms with Crippen LogP contribution in [0.5, 0.6) is 0 Å². The van der Waals surface area contributed by atoms with E-state index in [0.717, 1.165) is 38.4 Å². The van der Waals surface area contributed by atoms with E-state index in [9.17, 15) is 9.59 Å². The number of anilines is 3. The second-order valence-corrected chi connectivity index (χ2v) is 7.07. The summed E-state index contributed by atoms with van der Waals surface area (Å²) in [6, 6.07) is 3.65. The number of hydrogen-bond acceptors (Lipinski definition) is 7. The Balaban J connectivity index is 1.50. The van der Waals surface area contributed by atoms with Crippen molar-refractivity contribution in [2.45, 2.75) is 12.8 Å². The lowest BCUT2D eigenvalue weighted by molar-refractivity contribution is -0.117. The molecule has 0 radical (unpaired) electrons. The number of nitrogens with zero attached hydrogens (tertiary/aromatic N) is 4. The van der Waals surface area contributed by atoms with Crippen LogP contribution in [-0.4, -0.2) is 54.5 Å². The number of amides is 2. The van der Waals surface area contributed by atoms with Gasteiger partial charge in [-0.2, -0.15) is 0 Å². The van der Waals surface area contributed by atoms with Gasteiger partial charge in [0.05, 0.1) is 5.69 Å². The van der Waals surface area contributed by atoms with Gasteiger partial charge in [-0.1, -0.05) is 0 Å². The van der Waals surface area contributed by atoms with Gasteiger partial charge in [-0.3, -0.25) is 14.5 Å². The van der Waals surface area contributed by atoms with Crippen LogP contribution in [0.2, 0.25) is 0 Å². The van der Waals surface area contributed by atoms with Crippen molar-refractivity contribution in [2.24, 2.45) is 0 Å². The topological polar surface area (TPSA) is 90.5 Å². The van der Waals surface area contributed by atoms with Gasteiger partial charge in [0.25, 0.3) is 5.91 Å². The highest BCUT2D eigenvalue weighted by molar-refractivity contribution is 7.14. The molecule has 0 unspecified atom stereocenters. The normalized spacial score (nSPS) is 17.6. The molecule has 136 valence electrons. The minimum Gasteiger partial charge on any atom is -0.352 e. The van der Waals surface area contributed by atoms with E-state index in [1.54, 1.807) is 22.5 Å². The summed E-state index contributed by atoms with van der Waals surface area (Å²) in [5.41, 5.74) is 0.992. The van der Waals surface area contributed by atoms with Crippen molar-refractivity contribution in [1.82, 2.24) is 15.3 Å². The van der Waals surface area contributed by atoms with Crippen LogP contribution in [0.1, 0.15) is 23.3 Å². The molecular weight excluding hydrogens is 352 g/mol. The van der Waals surface area contributed by atoms with Crippen molar-refractivity contribution < 1.29 is 9.59 Å². The number of piperazine rings is 1. The lowest BCUT2D eigenvalue weighted by Crippen LogP contribution is -2.44. The zero-order valence-corrected chi connectivity index (χ0v) is 15.1. The van der Waals surface area contributed by atoms with Gasteiger partial charge < -0.3 is 15.5 Å². The van der Waals surface area contributed by atoms with E-state index < -0.39 is 0 Å². The Bertz CT molecular complexity index is 817. The van der Waals surface area contributed by atoms with E-state index in [4.69, 9.17) is 0 Å². The minimum atomic E-state index is -0.288. The molecule has 2 aromatic rings. The van der Waals surface area contributed by atoms with Crippen LogP contribution in [0.25, 0.3) is 0 Å². The summed E-state index contributed by atoms with van der Waals surface area (Å²) in [6.07, 6.45) is 3.11. The van der Waals surface area contributed by atoms with Gasteiger partial charge in [-0.05, 0) is 18.6 Å². The third-order valence-electron chi connectivity index (χ3n) is 4.48. The average Bonchev–Trinajstić information content (AvgIpc) is 3.32. The number of thiazole rings is 1. The van der Waals surface area contributed by atoms with Crippen LogP contribution in [0.3, 0.4) is 0 Å². The van der Waals surface area contributed by atoms with E-state index in [-0.39, 0.29) is 11.8 Å². The Morgan fingerprint density at radius 1 is 1.27 bits per heavy atom. The smallest absolute Gasteiger partial charge is 0.275 e. The standard InChI is InChI=1S/C17H20N6O2S/c24-14-4-2-8-23(14)17-21-13(11-26-17)16(25)20-12-3-1-5-19-15(12)22-9-6-18-7-10-22/h1,3,5,11,18H,2,4,6-10H2,(H,20,25). The predicted molar refractivity (Wildman–Crippen MR) is 101 cm³/mol. The van der Waals surface area contributed by atoms with Crippen molar-refractivity contribution in [3.05, 3.63) is 29.4 Å². The Labute approximate surface area is 155 Å². The zero-order valence-electron chi connectivity index (χ0n) is 14.3. The maximum absolute atomic E-state index is 12.6. The number of carbonyl (C=O) groups is 2. The van der Waals surface area contributed by atoms with Crippen molar-refractivity contribution in [3.8, 4) is 0 Å². The monoisotopic (exact) mass is 372 g/mol. The van der Waals surface area contributed by atoms with E-state index in [1.807, 2.05) is 6.07 Å². The molecule has 0 saturated carbocycles. The molecule has 2 N–H and O–H groups in total. The fraction of sp³-hybridized carbons (Fsp3) is 0.412. The molecule has 9 heteroatoms. The molecule has 0 aromatic carbocycles. The number of aromatic nitrogens is 2. The molecule has 8 nitrogen and oxygen atoms in total.